The number of rotatable bonds is 5. The Morgan fingerprint density at radius 3 is 2.39 bits per heavy atom. The fourth-order valence-corrected chi connectivity index (χ4v) is 1.41. The summed E-state index contributed by atoms with van der Waals surface area (Å²) in [5, 5.41) is 2.85. The molecule has 0 saturated carbocycles. The molecule has 3 N–H and O–H groups in total. The third kappa shape index (κ3) is 3.37. The molecule has 1 aromatic carbocycles. The van der Waals surface area contributed by atoms with Crippen LogP contribution in [0.1, 0.15) is 24.2 Å². The van der Waals surface area contributed by atoms with Crippen LogP contribution in [-0.4, -0.2) is 32.2 Å². The standard InChI is InChI=1S/C13H20N2O3/c1-13(2,8-14)15-12(16)9-5-6-10(17-3)11(7-9)18-4/h5-7H,8,14H2,1-4H3,(H,15,16). The van der Waals surface area contributed by atoms with E-state index in [9.17, 15) is 4.79 Å². The molecule has 0 bridgehead atoms. The fourth-order valence-electron chi connectivity index (χ4n) is 1.41. The van der Waals surface area contributed by atoms with Crippen molar-refractivity contribution in [2.45, 2.75) is 19.4 Å². The van der Waals surface area contributed by atoms with Crippen molar-refractivity contribution in [1.29, 1.82) is 0 Å². The number of hydrogen-bond acceptors (Lipinski definition) is 4. The van der Waals surface area contributed by atoms with Gasteiger partial charge in [0.05, 0.1) is 14.2 Å². The summed E-state index contributed by atoms with van der Waals surface area (Å²) in [6, 6.07) is 5.02. The fraction of sp³-hybridized carbons (Fsp3) is 0.462. The highest BCUT2D eigenvalue weighted by atomic mass is 16.5. The first kappa shape index (κ1) is 14.3. The van der Waals surface area contributed by atoms with Gasteiger partial charge in [-0.05, 0) is 32.0 Å². The Balaban J connectivity index is 2.93. The molecular formula is C13H20N2O3. The van der Waals surface area contributed by atoms with E-state index in [4.69, 9.17) is 15.2 Å². The normalized spacial score (nSPS) is 10.9. The second-order valence-electron chi connectivity index (χ2n) is 4.61. The lowest BCUT2D eigenvalue weighted by molar-refractivity contribution is 0.0915. The predicted molar refractivity (Wildman–Crippen MR) is 70.1 cm³/mol. The van der Waals surface area contributed by atoms with Gasteiger partial charge in [-0.25, -0.2) is 0 Å². The van der Waals surface area contributed by atoms with Gasteiger partial charge < -0.3 is 20.5 Å². The largest absolute Gasteiger partial charge is 0.493 e. The lowest BCUT2D eigenvalue weighted by Gasteiger charge is -2.24. The Morgan fingerprint density at radius 1 is 1.28 bits per heavy atom. The zero-order valence-corrected chi connectivity index (χ0v) is 11.2. The summed E-state index contributed by atoms with van der Waals surface area (Å²) in [7, 11) is 3.08. The van der Waals surface area contributed by atoms with Gasteiger partial charge in [-0.2, -0.15) is 0 Å². The molecule has 0 heterocycles. The summed E-state index contributed by atoms with van der Waals surface area (Å²) in [5.74, 6) is 0.925. The van der Waals surface area contributed by atoms with Crippen molar-refractivity contribution in [2.75, 3.05) is 20.8 Å². The minimum absolute atomic E-state index is 0.189. The molecular weight excluding hydrogens is 232 g/mol. The average Bonchev–Trinajstić information content (AvgIpc) is 2.37. The maximum atomic E-state index is 12.0. The third-order valence-corrected chi connectivity index (χ3v) is 2.61. The van der Waals surface area contributed by atoms with Gasteiger partial charge in [-0.3, -0.25) is 4.79 Å². The Labute approximate surface area is 107 Å². The van der Waals surface area contributed by atoms with E-state index in [0.717, 1.165) is 0 Å². The summed E-state index contributed by atoms with van der Waals surface area (Å²) < 4.78 is 10.3. The highest BCUT2D eigenvalue weighted by Gasteiger charge is 2.20. The third-order valence-electron chi connectivity index (χ3n) is 2.61. The average molecular weight is 252 g/mol. The van der Waals surface area contributed by atoms with Crippen LogP contribution in [-0.2, 0) is 0 Å². The first-order chi connectivity index (χ1) is 8.43. The molecule has 0 spiro atoms. The number of benzene rings is 1. The molecule has 0 atom stereocenters. The Kier molecular flexibility index (Phi) is 4.55. The summed E-state index contributed by atoms with van der Waals surface area (Å²) in [6.45, 7) is 4.10. The van der Waals surface area contributed by atoms with Gasteiger partial charge in [0.2, 0.25) is 0 Å². The van der Waals surface area contributed by atoms with Crippen molar-refractivity contribution >= 4 is 5.91 Å². The summed E-state index contributed by atoms with van der Waals surface area (Å²) in [6.07, 6.45) is 0. The van der Waals surface area contributed by atoms with Crippen molar-refractivity contribution in [3.8, 4) is 11.5 Å². The lowest BCUT2D eigenvalue weighted by atomic mass is 10.1. The van der Waals surface area contributed by atoms with Gasteiger partial charge in [0.25, 0.3) is 5.91 Å². The molecule has 0 aromatic heterocycles. The lowest BCUT2D eigenvalue weighted by Crippen LogP contribution is -2.48. The van der Waals surface area contributed by atoms with E-state index in [0.29, 0.717) is 23.6 Å². The van der Waals surface area contributed by atoms with Crippen LogP contribution < -0.4 is 20.5 Å². The first-order valence-electron chi connectivity index (χ1n) is 5.68. The minimum Gasteiger partial charge on any atom is -0.493 e. The van der Waals surface area contributed by atoms with E-state index >= 15 is 0 Å². The highest BCUT2D eigenvalue weighted by Crippen LogP contribution is 2.27. The maximum absolute atomic E-state index is 12.0. The molecule has 1 amide bonds. The zero-order chi connectivity index (χ0) is 13.8. The van der Waals surface area contributed by atoms with E-state index in [1.807, 2.05) is 13.8 Å². The molecule has 0 fully saturated rings. The van der Waals surface area contributed by atoms with Gasteiger partial charge >= 0.3 is 0 Å². The molecule has 18 heavy (non-hydrogen) atoms. The predicted octanol–water partition coefficient (Wildman–Crippen LogP) is 1.17. The van der Waals surface area contributed by atoms with Crippen LogP contribution in [0.4, 0.5) is 0 Å². The SMILES string of the molecule is COc1ccc(C(=O)NC(C)(C)CN)cc1OC. The first-order valence-corrected chi connectivity index (χ1v) is 5.68. The number of nitrogens with two attached hydrogens (primary N) is 1. The number of nitrogens with one attached hydrogen (secondary N) is 1. The van der Waals surface area contributed by atoms with Crippen LogP contribution in [0.2, 0.25) is 0 Å². The topological polar surface area (TPSA) is 73.6 Å². The molecule has 5 nitrogen and oxygen atoms in total. The molecule has 0 unspecified atom stereocenters. The molecule has 0 saturated heterocycles. The Morgan fingerprint density at radius 2 is 1.89 bits per heavy atom. The number of ether oxygens (including phenoxy) is 2. The smallest absolute Gasteiger partial charge is 0.251 e. The van der Waals surface area contributed by atoms with Gasteiger partial charge in [0, 0.05) is 17.6 Å². The molecule has 0 aliphatic carbocycles. The number of amides is 1. The molecule has 0 aliphatic heterocycles. The molecule has 1 aromatic rings. The monoisotopic (exact) mass is 252 g/mol. The maximum Gasteiger partial charge on any atom is 0.251 e. The van der Waals surface area contributed by atoms with E-state index < -0.39 is 5.54 Å². The minimum atomic E-state index is -0.440. The van der Waals surface area contributed by atoms with Crippen LogP contribution in [0.15, 0.2) is 18.2 Å². The van der Waals surface area contributed by atoms with Crippen LogP contribution in [0, 0.1) is 0 Å². The summed E-state index contributed by atoms with van der Waals surface area (Å²) in [5.41, 5.74) is 5.64. The zero-order valence-electron chi connectivity index (χ0n) is 11.2. The summed E-state index contributed by atoms with van der Waals surface area (Å²) >= 11 is 0. The molecule has 5 heteroatoms. The highest BCUT2D eigenvalue weighted by molar-refractivity contribution is 5.95. The van der Waals surface area contributed by atoms with Crippen molar-refractivity contribution in [3.05, 3.63) is 23.8 Å². The van der Waals surface area contributed by atoms with Crippen molar-refractivity contribution < 1.29 is 14.3 Å². The van der Waals surface area contributed by atoms with Crippen LogP contribution >= 0.6 is 0 Å². The van der Waals surface area contributed by atoms with E-state index in [-0.39, 0.29) is 5.91 Å². The second kappa shape index (κ2) is 5.73. The van der Waals surface area contributed by atoms with Crippen LogP contribution in [0.3, 0.4) is 0 Å². The molecule has 100 valence electrons. The Bertz CT molecular complexity index is 430. The van der Waals surface area contributed by atoms with Crippen LogP contribution in [0.25, 0.3) is 0 Å². The summed E-state index contributed by atoms with van der Waals surface area (Å²) in [4.78, 5) is 12.0. The van der Waals surface area contributed by atoms with E-state index in [2.05, 4.69) is 5.32 Å². The van der Waals surface area contributed by atoms with Gasteiger partial charge in [0.15, 0.2) is 11.5 Å². The number of hydrogen-bond donors (Lipinski definition) is 2. The van der Waals surface area contributed by atoms with Crippen molar-refractivity contribution in [2.24, 2.45) is 5.73 Å². The number of methoxy groups -OCH3 is 2. The van der Waals surface area contributed by atoms with Gasteiger partial charge in [-0.15, -0.1) is 0 Å². The number of carbonyl (C=O) groups excluding carboxylic acids is 1. The van der Waals surface area contributed by atoms with E-state index in [1.54, 1.807) is 25.3 Å². The Hall–Kier alpha value is -1.75. The van der Waals surface area contributed by atoms with Gasteiger partial charge in [0.1, 0.15) is 0 Å². The van der Waals surface area contributed by atoms with Gasteiger partial charge in [-0.1, -0.05) is 0 Å². The second-order valence-corrected chi connectivity index (χ2v) is 4.61. The van der Waals surface area contributed by atoms with Crippen molar-refractivity contribution in [1.82, 2.24) is 5.32 Å². The van der Waals surface area contributed by atoms with E-state index in [1.165, 1.54) is 7.11 Å². The quantitative estimate of drug-likeness (QED) is 0.825. The number of carbonyl (C=O) groups is 1. The van der Waals surface area contributed by atoms with Crippen molar-refractivity contribution in [3.63, 3.8) is 0 Å². The molecule has 0 aliphatic rings. The molecule has 0 radical (unpaired) electrons. The van der Waals surface area contributed by atoms with Crippen LogP contribution in [0.5, 0.6) is 11.5 Å². The molecule has 1 rings (SSSR count).